The van der Waals surface area contributed by atoms with Gasteiger partial charge in [0, 0.05) is 5.92 Å². The van der Waals surface area contributed by atoms with Crippen LogP contribution in [0.5, 0.6) is 0 Å². The summed E-state index contributed by atoms with van der Waals surface area (Å²) in [5.74, 6) is -3.75. The highest BCUT2D eigenvalue weighted by Crippen LogP contribution is 2.10. The third-order valence-corrected chi connectivity index (χ3v) is 3.35. The van der Waals surface area contributed by atoms with E-state index in [0.717, 1.165) is 0 Å². The van der Waals surface area contributed by atoms with Crippen molar-refractivity contribution in [1.29, 1.82) is 0 Å². The van der Waals surface area contributed by atoms with E-state index in [1.807, 2.05) is 0 Å². The standard InChI is InChI=1S/C16H19NO6/c1-9(6-14(19)20)15(21)17-13(10(2)18)8-11-4-3-5-12(7-11)16(22)23/h3-5,7,9,13H,6,8H2,1-2H3,(H,17,21)(H,19,20)(H,22,23)/t9-,13-/m0/s1. The van der Waals surface area contributed by atoms with Gasteiger partial charge in [-0.25, -0.2) is 4.79 Å². The van der Waals surface area contributed by atoms with E-state index in [1.165, 1.54) is 26.0 Å². The molecule has 1 aromatic carbocycles. The Morgan fingerprint density at radius 2 is 1.83 bits per heavy atom. The molecular formula is C16H19NO6. The first-order valence-electron chi connectivity index (χ1n) is 7.05. The van der Waals surface area contributed by atoms with E-state index in [4.69, 9.17) is 10.2 Å². The molecule has 0 aliphatic rings. The fourth-order valence-corrected chi connectivity index (χ4v) is 2.03. The second-order valence-corrected chi connectivity index (χ2v) is 5.38. The van der Waals surface area contributed by atoms with Gasteiger partial charge in [-0.2, -0.15) is 0 Å². The number of hydrogen-bond acceptors (Lipinski definition) is 4. The minimum Gasteiger partial charge on any atom is -0.481 e. The number of aliphatic carboxylic acids is 1. The van der Waals surface area contributed by atoms with Crippen LogP contribution < -0.4 is 5.32 Å². The molecule has 7 heteroatoms. The van der Waals surface area contributed by atoms with Gasteiger partial charge in [-0.05, 0) is 31.0 Å². The van der Waals surface area contributed by atoms with Crippen LogP contribution in [0.1, 0.15) is 36.2 Å². The lowest BCUT2D eigenvalue weighted by molar-refractivity contribution is -0.141. The lowest BCUT2D eigenvalue weighted by Gasteiger charge is -2.18. The summed E-state index contributed by atoms with van der Waals surface area (Å²) < 4.78 is 0. The smallest absolute Gasteiger partial charge is 0.335 e. The zero-order valence-corrected chi connectivity index (χ0v) is 12.9. The van der Waals surface area contributed by atoms with Gasteiger partial charge >= 0.3 is 11.9 Å². The summed E-state index contributed by atoms with van der Waals surface area (Å²) in [6.45, 7) is 2.78. The van der Waals surface area contributed by atoms with Gasteiger partial charge in [-0.3, -0.25) is 14.4 Å². The topological polar surface area (TPSA) is 121 Å². The molecule has 0 fully saturated rings. The minimum atomic E-state index is -1.10. The first-order valence-corrected chi connectivity index (χ1v) is 7.05. The number of amides is 1. The Balaban J connectivity index is 2.81. The van der Waals surface area contributed by atoms with E-state index < -0.39 is 29.8 Å². The van der Waals surface area contributed by atoms with Crippen LogP contribution in [0.3, 0.4) is 0 Å². The first-order chi connectivity index (χ1) is 10.7. The van der Waals surface area contributed by atoms with Crippen molar-refractivity contribution in [3.8, 4) is 0 Å². The molecule has 3 N–H and O–H groups in total. The van der Waals surface area contributed by atoms with Gasteiger partial charge in [-0.1, -0.05) is 19.1 Å². The molecule has 2 atom stereocenters. The zero-order valence-electron chi connectivity index (χ0n) is 12.9. The van der Waals surface area contributed by atoms with Crippen molar-refractivity contribution in [3.63, 3.8) is 0 Å². The molecule has 0 spiro atoms. The summed E-state index contributed by atoms with van der Waals surface area (Å²) >= 11 is 0. The molecule has 7 nitrogen and oxygen atoms in total. The van der Waals surface area contributed by atoms with E-state index in [1.54, 1.807) is 12.1 Å². The van der Waals surface area contributed by atoms with Crippen LogP contribution >= 0.6 is 0 Å². The fraction of sp³-hybridized carbons (Fsp3) is 0.375. The third kappa shape index (κ3) is 5.90. The molecule has 0 saturated carbocycles. The van der Waals surface area contributed by atoms with Crippen molar-refractivity contribution in [2.45, 2.75) is 32.7 Å². The number of nitrogens with one attached hydrogen (secondary N) is 1. The second-order valence-electron chi connectivity index (χ2n) is 5.38. The number of rotatable bonds is 8. The van der Waals surface area contributed by atoms with Crippen LogP contribution in [0.15, 0.2) is 24.3 Å². The number of aromatic carboxylic acids is 1. The molecule has 1 amide bonds. The van der Waals surface area contributed by atoms with Crippen molar-refractivity contribution in [3.05, 3.63) is 35.4 Å². The van der Waals surface area contributed by atoms with E-state index in [2.05, 4.69) is 5.32 Å². The predicted octanol–water partition coefficient (Wildman–Crippen LogP) is 1.11. The van der Waals surface area contributed by atoms with E-state index >= 15 is 0 Å². The maximum absolute atomic E-state index is 11.9. The molecule has 0 unspecified atom stereocenters. The van der Waals surface area contributed by atoms with Crippen molar-refractivity contribution < 1.29 is 29.4 Å². The maximum Gasteiger partial charge on any atom is 0.335 e. The van der Waals surface area contributed by atoms with Crippen LogP contribution in [-0.2, 0) is 20.8 Å². The number of carbonyl (C=O) groups excluding carboxylic acids is 2. The van der Waals surface area contributed by atoms with Crippen molar-refractivity contribution in [1.82, 2.24) is 5.32 Å². The van der Waals surface area contributed by atoms with Crippen molar-refractivity contribution in [2.24, 2.45) is 5.92 Å². The zero-order chi connectivity index (χ0) is 17.6. The van der Waals surface area contributed by atoms with Gasteiger partial charge in [0.05, 0.1) is 18.0 Å². The summed E-state index contributed by atoms with van der Waals surface area (Å²) in [4.78, 5) is 45.2. The molecule has 0 heterocycles. The monoisotopic (exact) mass is 321 g/mol. The molecule has 0 saturated heterocycles. The Morgan fingerprint density at radius 3 is 2.35 bits per heavy atom. The number of carboxylic acids is 2. The Bertz CT molecular complexity index is 625. The van der Waals surface area contributed by atoms with Crippen LogP contribution in [0.4, 0.5) is 0 Å². The lowest BCUT2D eigenvalue weighted by atomic mass is 9.99. The number of carbonyl (C=O) groups is 4. The highest BCUT2D eigenvalue weighted by Gasteiger charge is 2.23. The molecule has 0 bridgehead atoms. The maximum atomic E-state index is 11.9. The SMILES string of the molecule is CC(=O)[C@H](Cc1cccc(C(=O)O)c1)NC(=O)[C@@H](C)CC(=O)O. The minimum absolute atomic E-state index is 0.0929. The second kappa shape index (κ2) is 8.07. The van der Waals surface area contributed by atoms with Gasteiger partial charge in [-0.15, -0.1) is 0 Å². The van der Waals surface area contributed by atoms with E-state index in [-0.39, 0.29) is 24.2 Å². The molecule has 124 valence electrons. The Morgan fingerprint density at radius 1 is 1.17 bits per heavy atom. The van der Waals surface area contributed by atoms with E-state index in [0.29, 0.717) is 5.56 Å². The first kappa shape index (κ1) is 18.3. The summed E-state index contributed by atoms with van der Waals surface area (Å²) in [7, 11) is 0. The van der Waals surface area contributed by atoms with Gasteiger partial charge in [0.15, 0.2) is 5.78 Å². The van der Waals surface area contributed by atoms with Crippen LogP contribution in [-0.4, -0.2) is 39.9 Å². The largest absolute Gasteiger partial charge is 0.481 e. The number of ketones is 1. The molecule has 0 aliphatic heterocycles. The van der Waals surface area contributed by atoms with Crippen molar-refractivity contribution >= 4 is 23.6 Å². The number of carboxylic acid groups (broad SMARTS) is 2. The van der Waals surface area contributed by atoms with Gasteiger partial charge in [0.1, 0.15) is 0 Å². The van der Waals surface area contributed by atoms with Crippen LogP contribution in [0, 0.1) is 5.92 Å². The Kier molecular flexibility index (Phi) is 6.44. The molecule has 0 aromatic heterocycles. The van der Waals surface area contributed by atoms with Crippen LogP contribution in [0.2, 0.25) is 0 Å². The fourth-order valence-electron chi connectivity index (χ4n) is 2.03. The number of hydrogen-bond donors (Lipinski definition) is 3. The average Bonchev–Trinajstić information content (AvgIpc) is 2.45. The van der Waals surface area contributed by atoms with Gasteiger partial charge in [0.25, 0.3) is 0 Å². The quantitative estimate of drug-likeness (QED) is 0.659. The molecular weight excluding hydrogens is 302 g/mol. The van der Waals surface area contributed by atoms with E-state index in [9.17, 15) is 19.2 Å². The van der Waals surface area contributed by atoms with Gasteiger partial charge < -0.3 is 15.5 Å². The predicted molar refractivity (Wildman–Crippen MR) is 81.1 cm³/mol. The lowest BCUT2D eigenvalue weighted by Crippen LogP contribution is -2.44. The normalized spacial score (nSPS) is 13.0. The van der Waals surface area contributed by atoms with Crippen molar-refractivity contribution in [2.75, 3.05) is 0 Å². The number of benzene rings is 1. The Labute approximate surface area is 133 Å². The third-order valence-electron chi connectivity index (χ3n) is 3.35. The summed E-state index contributed by atoms with van der Waals surface area (Å²) in [6, 6.07) is 5.26. The summed E-state index contributed by atoms with van der Waals surface area (Å²) in [6.07, 6.45) is -0.188. The average molecular weight is 321 g/mol. The molecule has 0 aliphatic carbocycles. The molecule has 1 rings (SSSR count). The number of Topliss-reactive ketones (excluding diaryl/α,β-unsaturated/α-hetero) is 1. The summed E-state index contributed by atoms with van der Waals surface area (Å²) in [5.41, 5.74) is 0.687. The molecule has 1 aromatic rings. The highest BCUT2D eigenvalue weighted by molar-refractivity contribution is 5.90. The molecule has 23 heavy (non-hydrogen) atoms. The van der Waals surface area contributed by atoms with Gasteiger partial charge in [0.2, 0.25) is 5.91 Å². The van der Waals surface area contributed by atoms with Crippen LogP contribution in [0.25, 0.3) is 0 Å². The Hall–Kier alpha value is -2.70. The highest BCUT2D eigenvalue weighted by atomic mass is 16.4. The molecule has 0 radical (unpaired) electrons. The summed E-state index contributed by atoms with van der Waals surface area (Å²) in [5, 5.41) is 20.2.